The second kappa shape index (κ2) is 3.50. The second-order valence-corrected chi connectivity index (χ2v) is 3.63. The molecular formula is C11H15NO2. The standard InChI is InChI=1S/C11H15NO2/c1-7-5-8-9(12)3-4-14-11(8)10(6-7)13-2/h5-6,9H,3-4,12H2,1-2H3/t9-/m1/s1. The quantitative estimate of drug-likeness (QED) is 0.739. The molecule has 3 nitrogen and oxygen atoms in total. The highest BCUT2D eigenvalue weighted by atomic mass is 16.5. The van der Waals surface area contributed by atoms with E-state index in [0.717, 1.165) is 29.0 Å². The summed E-state index contributed by atoms with van der Waals surface area (Å²) >= 11 is 0. The Bertz CT molecular complexity index is 349. The number of fused-ring (bicyclic) bond motifs is 1. The van der Waals surface area contributed by atoms with Gasteiger partial charge in [-0.25, -0.2) is 0 Å². The van der Waals surface area contributed by atoms with Crippen LogP contribution in [0.5, 0.6) is 11.5 Å². The average Bonchev–Trinajstić information content (AvgIpc) is 2.18. The number of aryl methyl sites for hydroxylation is 1. The van der Waals surface area contributed by atoms with Gasteiger partial charge in [-0.1, -0.05) is 6.07 Å². The maximum absolute atomic E-state index is 6.00. The van der Waals surface area contributed by atoms with Gasteiger partial charge >= 0.3 is 0 Å². The number of benzene rings is 1. The lowest BCUT2D eigenvalue weighted by Crippen LogP contribution is -2.21. The molecule has 0 spiro atoms. The molecule has 1 aromatic carbocycles. The molecule has 3 heteroatoms. The lowest BCUT2D eigenvalue weighted by atomic mass is 9.99. The number of hydrogen-bond acceptors (Lipinski definition) is 3. The van der Waals surface area contributed by atoms with Crippen LogP contribution in [0.3, 0.4) is 0 Å². The molecule has 2 rings (SSSR count). The normalized spacial score (nSPS) is 19.8. The van der Waals surface area contributed by atoms with Crippen LogP contribution in [-0.4, -0.2) is 13.7 Å². The summed E-state index contributed by atoms with van der Waals surface area (Å²) in [5.74, 6) is 1.60. The Balaban J connectivity index is 2.54. The van der Waals surface area contributed by atoms with E-state index in [-0.39, 0.29) is 6.04 Å². The van der Waals surface area contributed by atoms with Crippen molar-refractivity contribution in [2.45, 2.75) is 19.4 Å². The summed E-state index contributed by atoms with van der Waals surface area (Å²) in [6.45, 7) is 2.71. The minimum absolute atomic E-state index is 0.0764. The van der Waals surface area contributed by atoms with Crippen molar-refractivity contribution in [1.29, 1.82) is 0 Å². The van der Waals surface area contributed by atoms with Crippen molar-refractivity contribution < 1.29 is 9.47 Å². The minimum Gasteiger partial charge on any atom is -0.493 e. The number of ether oxygens (including phenoxy) is 2. The molecule has 1 aliphatic heterocycles. The Morgan fingerprint density at radius 1 is 1.50 bits per heavy atom. The van der Waals surface area contributed by atoms with E-state index in [9.17, 15) is 0 Å². The molecule has 0 aromatic heterocycles. The SMILES string of the molecule is COc1cc(C)cc2c1OCC[C@H]2N. The summed E-state index contributed by atoms with van der Waals surface area (Å²) in [5.41, 5.74) is 8.22. The van der Waals surface area contributed by atoms with E-state index < -0.39 is 0 Å². The van der Waals surface area contributed by atoms with Crippen LogP contribution in [0.2, 0.25) is 0 Å². The van der Waals surface area contributed by atoms with Gasteiger partial charge in [-0.05, 0) is 18.6 Å². The van der Waals surface area contributed by atoms with E-state index in [2.05, 4.69) is 6.07 Å². The third kappa shape index (κ3) is 1.44. The summed E-state index contributed by atoms with van der Waals surface area (Å²) in [5, 5.41) is 0. The van der Waals surface area contributed by atoms with Crippen molar-refractivity contribution >= 4 is 0 Å². The molecule has 0 amide bonds. The van der Waals surface area contributed by atoms with Gasteiger partial charge in [-0.2, -0.15) is 0 Å². The van der Waals surface area contributed by atoms with E-state index in [1.165, 1.54) is 0 Å². The first-order valence-corrected chi connectivity index (χ1v) is 4.79. The van der Waals surface area contributed by atoms with Gasteiger partial charge in [-0.15, -0.1) is 0 Å². The van der Waals surface area contributed by atoms with Gasteiger partial charge in [0.2, 0.25) is 0 Å². The average molecular weight is 193 g/mol. The van der Waals surface area contributed by atoms with Crippen LogP contribution in [0.4, 0.5) is 0 Å². The first-order valence-electron chi connectivity index (χ1n) is 4.79. The molecule has 0 bridgehead atoms. The highest BCUT2D eigenvalue weighted by Crippen LogP contribution is 2.39. The van der Waals surface area contributed by atoms with E-state index in [4.69, 9.17) is 15.2 Å². The fraction of sp³-hybridized carbons (Fsp3) is 0.455. The minimum atomic E-state index is 0.0764. The summed E-state index contributed by atoms with van der Waals surface area (Å²) in [4.78, 5) is 0. The van der Waals surface area contributed by atoms with Crippen molar-refractivity contribution in [1.82, 2.24) is 0 Å². The Morgan fingerprint density at radius 2 is 2.29 bits per heavy atom. The third-order valence-electron chi connectivity index (χ3n) is 2.52. The van der Waals surface area contributed by atoms with Crippen molar-refractivity contribution in [3.8, 4) is 11.5 Å². The molecule has 0 saturated heterocycles. The molecule has 0 fully saturated rings. The highest BCUT2D eigenvalue weighted by molar-refractivity contribution is 5.51. The van der Waals surface area contributed by atoms with Crippen LogP contribution < -0.4 is 15.2 Å². The Hall–Kier alpha value is -1.22. The van der Waals surface area contributed by atoms with Gasteiger partial charge in [0.15, 0.2) is 11.5 Å². The lowest BCUT2D eigenvalue weighted by Gasteiger charge is -2.25. The molecule has 0 unspecified atom stereocenters. The summed E-state index contributed by atoms with van der Waals surface area (Å²) in [7, 11) is 1.65. The van der Waals surface area contributed by atoms with Gasteiger partial charge in [0.1, 0.15) is 0 Å². The van der Waals surface area contributed by atoms with E-state index in [0.29, 0.717) is 6.61 Å². The molecule has 14 heavy (non-hydrogen) atoms. The zero-order chi connectivity index (χ0) is 10.1. The van der Waals surface area contributed by atoms with Crippen molar-refractivity contribution in [3.63, 3.8) is 0 Å². The van der Waals surface area contributed by atoms with Gasteiger partial charge < -0.3 is 15.2 Å². The van der Waals surface area contributed by atoms with E-state index >= 15 is 0 Å². The molecule has 1 aromatic rings. The molecule has 1 aliphatic rings. The zero-order valence-corrected chi connectivity index (χ0v) is 8.54. The zero-order valence-electron chi connectivity index (χ0n) is 8.54. The summed E-state index contributed by atoms with van der Waals surface area (Å²) in [6.07, 6.45) is 0.875. The number of methoxy groups -OCH3 is 1. The number of rotatable bonds is 1. The predicted molar refractivity (Wildman–Crippen MR) is 54.8 cm³/mol. The maximum atomic E-state index is 6.00. The Labute approximate surface area is 83.8 Å². The van der Waals surface area contributed by atoms with Crippen LogP contribution in [0.1, 0.15) is 23.6 Å². The summed E-state index contributed by atoms with van der Waals surface area (Å²) < 4.78 is 10.8. The van der Waals surface area contributed by atoms with Gasteiger partial charge in [0.05, 0.1) is 13.7 Å². The third-order valence-corrected chi connectivity index (χ3v) is 2.52. The highest BCUT2D eigenvalue weighted by Gasteiger charge is 2.21. The van der Waals surface area contributed by atoms with Crippen LogP contribution in [-0.2, 0) is 0 Å². The van der Waals surface area contributed by atoms with Gasteiger partial charge in [0.25, 0.3) is 0 Å². The Kier molecular flexibility index (Phi) is 2.33. The van der Waals surface area contributed by atoms with Crippen molar-refractivity contribution in [2.75, 3.05) is 13.7 Å². The number of nitrogens with two attached hydrogens (primary N) is 1. The van der Waals surface area contributed by atoms with E-state index in [1.807, 2.05) is 13.0 Å². The largest absolute Gasteiger partial charge is 0.493 e. The molecular weight excluding hydrogens is 178 g/mol. The molecule has 2 N–H and O–H groups in total. The maximum Gasteiger partial charge on any atom is 0.165 e. The fourth-order valence-corrected chi connectivity index (χ4v) is 1.79. The topological polar surface area (TPSA) is 44.5 Å². The van der Waals surface area contributed by atoms with Crippen LogP contribution in [0.25, 0.3) is 0 Å². The van der Waals surface area contributed by atoms with Crippen molar-refractivity contribution in [3.05, 3.63) is 23.3 Å². The Morgan fingerprint density at radius 3 is 3.00 bits per heavy atom. The first-order chi connectivity index (χ1) is 6.72. The van der Waals surface area contributed by atoms with Crippen molar-refractivity contribution in [2.24, 2.45) is 5.73 Å². The molecule has 76 valence electrons. The molecule has 0 aliphatic carbocycles. The van der Waals surface area contributed by atoms with Crippen LogP contribution >= 0.6 is 0 Å². The van der Waals surface area contributed by atoms with E-state index in [1.54, 1.807) is 7.11 Å². The first kappa shape index (κ1) is 9.34. The monoisotopic (exact) mass is 193 g/mol. The van der Waals surface area contributed by atoms with Gasteiger partial charge in [0, 0.05) is 18.0 Å². The fourth-order valence-electron chi connectivity index (χ4n) is 1.79. The smallest absolute Gasteiger partial charge is 0.165 e. The second-order valence-electron chi connectivity index (χ2n) is 3.63. The molecule has 1 atom stereocenters. The molecule has 1 heterocycles. The van der Waals surface area contributed by atoms with Crippen LogP contribution in [0, 0.1) is 6.92 Å². The summed E-state index contributed by atoms with van der Waals surface area (Å²) in [6, 6.07) is 4.12. The van der Waals surface area contributed by atoms with Gasteiger partial charge in [-0.3, -0.25) is 0 Å². The predicted octanol–water partition coefficient (Wildman–Crippen LogP) is 1.79. The van der Waals surface area contributed by atoms with Crippen LogP contribution in [0.15, 0.2) is 12.1 Å². The molecule has 0 saturated carbocycles. The lowest BCUT2D eigenvalue weighted by molar-refractivity contribution is 0.252. The number of hydrogen-bond donors (Lipinski definition) is 1. The molecule has 0 radical (unpaired) electrons.